The van der Waals surface area contributed by atoms with Crippen LogP contribution in [0, 0.1) is 0 Å². The third-order valence-electron chi connectivity index (χ3n) is 4.80. The van der Waals surface area contributed by atoms with E-state index in [9.17, 15) is 0 Å². The summed E-state index contributed by atoms with van der Waals surface area (Å²) < 4.78 is 21.7. The third kappa shape index (κ3) is 5.31. The molecular weight excluding hydrogens is 428 g/mol. The fraction of sp³-hybridized carbons (Fsp3) is 0. The van der Waals surface area contributed by atoms with Gasteiger partial charge in [0, 0.05) is 0 Å². The first-order chi connectivity index (χ1) is 16.8. The van der Waals surface area contributed by atoms with E-state index in [-0.39, 0.29) is 0 Å². The zero-order chi connectivity index (χ0) is 23.0. The van der Waals surface area contributed by atoms with Gasteiger partial charge in [0.25, 0.3) is 0 Å². The highest BCUT2D eigenvalue weighted by atomic mass is 16.3. The van der Waals surface area contributed by atoms with Gasteiger partial charge in [0.05, 0.1) is 47.8 Å². The van der Waals surface area contributed by atoms with E-state index in [0.29, 0.717) is 22.8 Å². The Morgan fingerprint density at radius 1 is 0.382 bits per heavy atom. The van der Waals surface area contributed by atoms with Crippen LogP contribution in [0.1, 0.15) is 45.8 Å². The van der Waals surface area contributed by atoms with Gasteiger partial charge in [-0.3, -0.25) is 0 Å². The Morgan fingerprint density at radius 3 is 0.853 bits per heavy atom. The highest BCUT2D eigenvalue weighted by Gasteiger charge is 2.09. The summed E-state index contributed by atoms with van der Waals surface area (Å²) in [6.45, 7) is 0. The molecule has 6 nitrogen and oxygen atoms in total. The van der Waals surface area contributed by atoms with Crippen molar-refractivity contribution in [3.8, 4) is 0 Å². The lowest BCUT2D eigenvalue weighted by molar-refractivity contribution is 0.557. The van der Waals surface area contributed by atoms with E-state index in [0.717, 1.165) is 23.0 Å². The van der Waals surface area contributed by atoms with Gasteiger partial charge in [0.2, 0.25) is 0 Å². The summed E-state index contributed by atoms with van der Waals surface area (Å²) in [7, 11) is 0. The van der Waals surface area contributed by atoms with E-state index in [1.807, 2.05) is 97.1 Å². The lowest BCUT2D eigenvalue weighted by atomic mass is 10.1. The normalized spacial score (nSPS) is 12.2. The first-order valence-electron chi connectivity index (χ1n) is 10.6. The van der Waals surface area contributed by atoms with Crippen molar-refractivity contribution in [1.82, 2.24) is 9.97 Å². The number of hydrogen-bond acceptors (Lipinski definition) is 6. The molecule has 6 heteroatoms. The quantitative estimate of drug-likeness (QED) is 0.244. The Hall–Kier alpha value is -4.84. The Kier molecular flexibility index (Phi) is 6.30. The number of furan rings is 4. The molecule has 0 aliphatic rings. The summed E-state index contributed by atoms with van der Waals surface area (Å²) in [5.74, 6) is 2.88. The molecule has 0 atom stereocenters. The van der Waals surface area contributed by atoms with Crippen molar-refractivity contribution in [2.45, 2.75) is 0 Å². The maximum Gasteiger partial charge on any atom is 0.126 e. The second kappa shape index (κ2) is 10.2. The zero-order valence-electron chi connectivity index (χ0n) is 18.1. The van der Waals surface area contributed by atoms with Gasteiger partial charge in [0.15, 0.2) is 0 Å². The molecule has 0 saturated heterocycles. The zero-order valence-corrected chi connectivity index (χ0v) is 18.1. The number of hydrogen-bond donors (Lipinski definition) is 0. The summed E-state index contributed by atoms with van der Waals surface area (Å²) >= 11 is 0. The van der Waals surface area contributed by atoms with Crippen LogP contribution in [0.2, 0.25) is 0 Å². The molecule has 5 rings (SSSR count). The van der Waals surface area contributed by atoms with Gasteiger partial charge in [-0.25, -0.2) is 9.97 Å². The Labute approximate surface area is 195 Å². The standard InChI is InChI=1S/C28H20N2O4/c1-5-21(31-17-1)9-13-25-26(14-10-22-6-2-18-32-22)30-28(16-12-24-8-4-20-34-24)27(29-25)15-11-23-7-3-19-33-23/h1-20H/b13-9+,14-10+,15-11+,16-12+. The van der Waals surface area contributed by atoms with Gasteiger partial charge in [-0.2, -0.15) is 0 Å². The second-order valence-corrected chi connectivity index (χ2v) is 7.16. The molecule has 5 aromatic heterocycles. The molecule has 0 bridgehead atoms. The van der Waals surface area contributed by atoms with Gasteiger partial charge < -0.3 is 17.7 Å². The summed E-state index contributed by atoms with van der Waals surface area (Å²) in [5, 5.41) is 0. The topological polar surface area (TPSA) is 78.3 Å². The van der Waals surface area contributed by atoms with E-state index < -0.39 is 0 Å². The highest BCUT2D eigenvalue weighted by molar-refractivity contribution is 5.80. The van der Waals surface area contributed by atoms with Crippen molar-refractivity contribution in [3.63, 3.8) is 0 Å². The molecule has 0 aliphatic carbocycles. The third-order valence-corrected chi connectivity index (χ3v) is 4.80. The SMILES string of the molecule is C(=C\c1nc(/C=C/c2ccco2)c(/C=C/c2ccco2)nc1/C=C/c1ccco1)/c1ccco1. The van der Waals surface area contributed by atoms with Crippen molar-refractivity contribution in [1.29, 1.82) is 0 Å². The summed E-state index contributed by atoms with van der Waals surface area (Å²) in [6.07, 6.45) is 21.4. The van der Waals surface area contributed by atoms with Crippen LogP contribution >= 0.6 is 0 Å². The van der Waals surface area contributed by atoms with E-state index in [2.05, 4.69) is 0 Å². The van der Waals surface area contributed by atoms with Gasteiger partial charge in [-0.05, 0) is 97.1 Å². The lowest BCUT2D eigenvalue weighted by Crippen LogP contribution is -1.99. The minimum absolute atomic E-state index is 0.674. The number of nitrogens with zero attached hydrogens (tertiary/aromatic N) is 2. The fourth-order valence-corrected chi connectivity index (χ4v) is 3.17. The molecule has 5 heterocycles. The number of aromatic nitrogens is 2. The van der Waals surface area contributed by atoms with Crippen LogP contribution in [-0.2, 0) is 0 Å². The van der Waals surface area contributed by atoms with Crippen molar-refractivity contribution in [2.24, 2.45) is 0 Å². The van der Waals surface area contributed by atoms with Crippen molar-refractivity contribution < 1.29 is 17.7 Å². The van der Waals surface area contributed by atoms with Gasteiger partial charge >= 0.3 is 0 Å². The molecule has 0 N–H and O–H groups in total. The van der Waals surface area contributed by atoms with Crippen LogP contribution in [0.15, 0.2) is 91.3 Å². The van der Waals surface area contributed by atoms with Crippen LogP contribution in [0.25, 0.3) is 48.6 Å². The smallest absolute Gasteiger partial charge is 0.126 e. The minimum atomic E-state index is 0.674. The molecule has 166 valence electrons. The van der Waals surface area contributed by atoms with E-state index in [1.165, 1.54) is 0 Å². The lowest BCUT2D eigenvalue weighted by Gasteiger charge is -2.06. The summed E-state index contributed by atoms with van der Waals surface area (Å²) in [5.41, 5.74) is 2.70. The monoisotopic (exact) mass is 448 g/mol. The number of rotatable bonds is 8. The maximum atomic E-state index is 5.43. The van der Waals surface area contributed by atoms with E-state index in [4.69, 9.17) is 27.6 Å². The minimum Gasteiger partial charge on any atom is -0.465 e. The van der Waals surface area contributed by atoms with E-state index >= 15 is 0 Å². The van der Waals surface area contributed by atoms with Crippen LogP contribution in [0.4, 0.5) is 0 Å². The average molecular weight is 448 g/mol. The molecular formula is C28H20N2O4. The Balaban J connectivity index is 1.59. The van der Waals surface area contributed by atoms with Crippen LogP contribution in [0.5, 0.6) is 0 Å². The summed E-state index contributed by atoms with van der Waals surface area (Å²) in [6, 6.07) is 14.8. The Morgan fingerprint density at radius 2 is 0.647 bits per heavy atom. The van der Waals surface area contributed by atoms with Crippen molar-refractivity contribution in [3.05, 3.63) is 119 Å². The van der Waals surface area contributed by atoms with Gasteiger partial charge in [-0.1, -0.05) is 0 Å². The second-order valence-electron chi connectivity index (χ2n) is 7.16. The summed E-state index contributed by atoms with van der Waals surface area (Å²) in [4.78, 5) is 9.78. The predicted octanol–water partition coefficient (Wildman–Crippen LogP) is 7.53. The predicted molar refractivity (Wildman–Crippen MR) is 133 cm³/mol. The van der Waals surface area contributed by atoms with Gasteiger partial charge in [0.1, 0.15) is 23.0 Å². The van der Waals surface area contributed by atoms with Crippen LogP contribution in [0.3, 0.4) is 0 Å². The molecule has 0 fully saturated rings. The molecule has 34 heavy (non-hydrogen) atoms. The molecule has 0 saturated carbocycles. The molecule has 5 aromatic rings. The first kappa shape index (κ1) is 21.0. The largest absolute Gasteiger partial charge is 0.465 e. The fourth-order valence-electron chi connectivity index (χ4n) is 3.17. The van der Waals surface area contributed by atoms with Crippen molar-refractivity contribution in [2.75, 3.05) is 0 Å². The average Bonchev–Trinajstić information content (AvgIpc) is 3.68. The molecule has 0 unspecified atom stereocenters. The van der Waals surface area contributed by atoms with Crippen LogP contribution < -0.4 is 0 Å². The maximum absolute atomic E-state index is 5.43. The van der Waals surface area contributed by atoms with E-state index in [1.54, 1.807) is 25.1 Å². The highest BCUT2D eigenvalue weighted by Crippen LogP contribution is 2.20. The van der Waals surface area contributed by atoms with Gasteiger partial charge in [-0.15, -0.1) is 0 Å². The molecule has 0 spiro atoms. The first-order valence-corrected chi connectivity index (χ1v) is 10.6. The van der Waals surface area contributed by atoms with Crippen LogP contribution in [-0.4, -0.2) is 9.97 Å². The molecule has 0 aliphatic heterocycles. The van der Waals surface area contributed by atoms with Crippen molar-refractivity contribution >= 4 is 48.6 Å². The molecule has 0 aromatic carbocycles. The molecule has 0 amide bonds. The molecule has 0 radical (unpaired) electrons. The Bertz CT molecular complexity index is 1200.